The second-order valence-electron chi connectivity index (χ2n) is 5.88. The van der Waals surface area contributed by atoms with E-state index in [-0.39, 0.29) is 5.75 Å². The van der Waals surface area contributed by atoms with E-state index in [0.717, 1.165) is 23.6 Å². The second kappa shape index (κ2) is 10.0. The highest BCUT2D eigenvalue weighted by Crippen LogP contribution is 2.13. The molecule has 1 aromatic carbocycles. The van der Waals surface area contributed by atoms with Gasteiger partial charge < -0.3 is 10.6 Å². The largest absolute Gasteiger partial charge is 0.357 e. The number of hydrogen-bond acceptors (Lipinski definition) is 4. The van der Waals surface area contributed by atoms with E-state index >= 15 is 0 Å². The van der Waals surface area contributed by atoms with Crippen molar-refractivity contribution in [1.82, 2.24) is 14.9 Å². The molecule has 8 heteroatoms. The molecule has 1 saturated heterocycles. The van der Waals surface area contributed by atoms with Crippen LogP contribution in [0.2, 0.25) is 0 Å². The van der Waals surface area contributed by atoms with Crippen molar-refractivity contribution in [2.75, 3.05) is 43.4 Å². The lowest BCUT2D eigenvalue weighted by molar-refractivity contribution is 0.443. The van der Waals surface area contributed by atoms with Gasteiger partial charge in [-0.3, -0.25) is 0 Å². The van der Waals surface area contributed by atoms with Crippen molar-refractivity contribution in [2.24, 2.45) is 4.99 Å². The first-order valence-corrected chi connectivity index (χ1v) is 11.4. The van der Waals surface area contributed by atoms with Crippen LogP contribution in [0.25, 0.3) is 0 Å². The summed E-state index contributed by atoms with van der Waals surface area (Å²) in [4.78, 5) is 4.56. The molecule has 1 aliphatic rings. The molecule has 2 N–H and O–H groups in total. The van der Waals surface area contributed by atoms with Crippen LogP contribution in [-0.2, 0) is 16.6 Å². The second-order valence-corrected chi connectivity index (χ2v) is 9.19. The van der Waals surface area contributed by atoms with Gasteiger partial charge in [0.2, 0.25) is 10.0 Å². The smallest absolute Gasteiger partial charge is 0.215 e. The molecule has 1 heterocycles. The van der Waals surface area contributed by atoms with Gasteiger partial charge >= 0.3 is 0 Å². The van der Waals surface area contributed by atoms with Crippen molar-refractivity contribution in [2.45, 2.75) is 20.4 Å². The summed E-state index contributed by atoms with van der Waals surface area (Å²) in [6.07, 6.45) is 0. The number of guanidine groups is 1. The van der Waals surface area contributed by atoms with Gasteiger partial charge in [-0.15, -0.1) is 0 Å². The average Bonchev–Trinajstić information content (AvgIpc) is 2.61. The minimum atomic E-state index is -3.19. The Kier molecular flexibility index (Phi) is 8.05. The molecule has 0 spiro atoms. The third-order valence-electron chi connectivity index (χ3n) is 4.03. The molecule has 0 aliphatic carbocycles. The molecule has 1 fully saturated rings. The number of sulfonamides is 1. The molecular weight excluding hydrogens is 356 g/mol. The molecule has 0 atom stereocenters. The first-order chi connectivity index (χ1) is 12.0. The van der Waals surface area contributed by atoms with Gasteiger partial charge in [0, 0.05) is 37.7 Å². The van der Waals surface area contributed by atoms with Crippen molar-refractivity contribution >= 4 is 27.7 Å². The highest BCUT2D eigenvalue weighted by molar-refractivity contribution is 7.99. The summed E-state index contributed by atoms with van der Waals surface area (Å²) in [7, 11) is -3.19. The van der Waals surface area contributed by atoms with E-state index < -0.39 is 10.0 Å². The van der Waals surface area contributed by atoms with E-state index in [0.29, 0.717) is 32.1 Å². The minimum absolute atomic E-state index is 0.0897. The highest BCUT2D eigenvalue weighted by atomic mass is 32.2. The zero-order valence-corrected chi connectivity index (χ0v) is 16.6. The Morgan fingerprint density at radius 1 is 1.24 bits per heavy atom. The molecule has 0 radical (unpaired) electrons. The third kappa shape index (κ3) is 6.52. The van der Waals surface area contributed by atoms with Crippen LogP contribution in [0.1, 0.15) is 18.1 Å². The standard InChI is InChI=1S/C17H28N4O2S2/c1-3-18-17(20-14-16-7-5-4-6-15(16)2)19-8-13-25(22,23)21-9-11-24-12-10-21/h4-7H,3,8-14H2,1-2H3,(H2,18,19,20). The lowest BCUT2D eigenvalue weighted by Crippen LogP contribution is -2.44. The predicted octanol–water partition coefficient (Wildman–Crippen LogP) is 1.43. The minimum Gasteiger partial charge on any atom is -0.357 e. The summed E-state index contributed by atoms with van der Waals surface area (Å²) in [6, 6.07) is 8.13. The summed E-state index contributed by atoms with van der Waals surface area (Å²) in [5.41, 5.74) is 2.37. The molecular formula is C17H28N4O2S2. The zero-order chi connectivity index (χ0) is 18.1. The summed E-state index contributed by atoms with van der Waals surface area (Å²) >= 11 is 1.80. The first-order valence-electron chi connectivity index (χ1n) is 8.65. The molecule has 25 heavy (non-hydrogen) atoms. The highest BCUT2D eigenvalue weighted by Gasteiger charge is 2.23. The fraction of sp³-hybridized carbons (Fsp3) is 0.588. The average molecular weight is 385 g/mol. The zero-order valence-electron chi connectivity index (χ0n) is 15.0. The maximum atomic E-state index is 12.4. The number of rotatable bonds is 7. The molecule has 0 bridgehead atoms. The lowest BCUT2D eigenvalue weighted by atomic mass is 10.1. The topological polar surface area (TPSA) is 73.8 Å². The Hall–Kier alpha value is -1.25. The number of aryl methyl sites for hydroxylation is 1. The van der Waals surface area contributed by atoms with Crippen LogP contribution in [0.15, 0.2) is 29.3 Å². The van der Waals surface area contributed by atoms with Crippen molar-refractivity contribution in [3.05, 3.63) is 35.4 Å². The molecule has 2 rings (SSSR count). The van der Waals surface area contributed by atoms with Crippen LogP contribution in [0.5, 0.6) is 0 Å². The Morgan fingerprint density at radius 3 is 2.64 bits per heavy atom. The van der Waals surface area contributed by atoms with Crippen LogP contribution >= 0.6 is 11.8 Å². The van der Waals surface area contributed by atoms with E-state index in [2.05, 4.69) is 34.7 Å². The fourth-order valence-electron chi connectivity index (χ4n) is 2.55. The van der Waals surface area contributed by atoms with E-state index in [9.17, 15) is 8.42 Å². The molecule has 0 unspecified atom stereocenters. The van der Waals surface area contributed by atoms with E-state index in [4.69, 9.17) is 0 Å². The van der Waals surface area contributed by atoms with Crippen LogP contribution in [-0.4, -0.2) is 62.1 Å². The van der Waals surface area contributed by atoms with Gasteiger partial charge in [-0.1, -0.05) is 24.3 Å². The summed E-state index contributed by atoms with van der Waals surface area (Å²) in [5, 5.41) is 6.30. The predicted molar refractivity (Wildman–Crippen MR) is 107 cm³/mol. The molecule has 0 saturated carbocycles. The van der Waals surface area contributed by atoms with Gasteiger partial charge in [-0.2, -0.15) is 11.8 Å². The van der Waals surface area contributed by atoms with Gasteiger partial charge in [0.15, 0.2) is 5.96 Å². The monoisotopic (exact) mass is 384 g/mol. The van der Waals surface area contributed by atoms with E-state index in [1.807, 2.05) is 19.1 Å². The van der Waals surface area contributed by atoms with Gasteiger partial charge in [0.05, 0.1) is 12.3 Å². The Bertz CT molecular complexity index is 671. The number of nitrogens with one attached hydrogen (secondary N) is 2. The summed E-state index contributed by atoms with van der Waals surface area (Å²) in [5.74, 6) is 2.50. The number of nitrogens with zero attached hydrogens (tertiary/aromatic N) is 2. The fourth-order valence-corrected chi connectivity index (χ4v) is 5.04. The number of aliphatic imine (C=N–C) groups is 1. The number of hydrogen-bond donors (Lipinski definition) is 2. The maximum Gasteiger partial charge on any atom is 0.215 e. The van der Waals surface area contributed by atoms with Gasteiger partial charge in [0.1, 0.15) is 0 Å². The molecule has 1 aliphatic heterocycles. The van der Waals surface area contributed by atoms with Gasteiger partial charge in [-0.05, 0) is 25.0 Å². The van der Waals surface area contributed by atoms with Crippen LogP contribution in [0.3, 0.4) is 0 Å². The van der Waals surface area contributed by atoms with Crippen LogP contribution in [0.4, 0.5) is 0 Å². The third-order valence-corrected chi connectivity index (χ3v) is 6.84. The van der Waals surface area contributed by atoms with Crippen molar-refractivity contribution < 1.29 is 8.42 Å². The van der Waals surface area contributed by atoms with Gasteiger partial charge in [0.25, 0.3) is 0 Å². The van der Waals surface area contributed by atoms with E-state index in [1.54, 1.807) is 16.1 Å². The summed E-state index contributed by atoms with van der Waals surface area (Å²) < 4.78 is 26.3. The van der Waals surface area contributed by atoms with E-state index in [1.165, 1.54) is 5.56 Å². The van der Waals surface area contributed by atoms with Gasteiger partial charge in [-0.25, -0.2) is 17.7 Å². The molecule has 140 valence electrons. The molecule has 6 nitrogen and oxygen atoms in total. The molecule has 0 aromatic heterocycles. The van der Waals surface area contributed by atoms with Crippen LogP contribution in [0, 0.1) is 6.92 Å². The van der Waals surface area contributed by atoms with Crippen molar-refractivity contribution in [3.8, 4) is 0 Å². The molecule has 0 amide bonds. The van der Waals surface area contributed by atoms with Crippen molar-refractivity contribution in [3.63, 3.8) is 0 Å². The quantitative estimate of drug-likeness (QED) is 0.550. The van der Waals surface area contributed by atoms with Crippen molar-refractivity contribution in [1.29, 1.82) is 0 Å². The summed E-state index contributed by atoms with van der Waals surface area (Å²) in [6.45, 7) is 6.95. The normalized spacial score (nSPS) is 16.6. The number of thioether (sulfide) groups is 1. The first kappa shape index (κ1) is 20.1. The lowest BCUT2D eigenvalue weighted by Gasteiger charge is -2.25. The SMILES string of the molecule is CCNC(=NCc1ccccc1C)NCCS(=O)(=O)N1CCSCC1. The Morgan fingerprint density at radius 2 is 1.96 bits per heavy atom. The van der Waals surface area contributed by atoms with Crippen LogP contribution < -0.4 is 10.6 Å². The maximum absolute atomic E-state index is 12.4. The number of benzene rings is 1. The Labute approximate surface area is 155 Å². The Balaban J connectivity index is 1.88. The molecule has 1 aromatic rings.